The van der Waals surface area contributed by atoms with Crippen molar-refractivity contribution < 1.29 is 5.11 Å². The number of aliphatic hydroxyl groups excluding tert-OH is 1. The lowest BCUT2D eigenvalue weighted by Gasteiger charge is -2.38. The van der Waals surface area contributed by atoms with Crippen molar-refractivity contribution in [2.45, 2.75) is 19.5 Å². The Morgan fingerprint density at radius 2 is 2.21 bits per heavy atom. The number of aliphatic hydroxyl groups is 1. The number of hydrogen-bond donors (Lipinski definition) is 1. The van der Waals surface area contributed by atoms with Gasteiger partial charge in [-0.05, 0) is 31.7 Å². The van der Waals surface area contributed by atoms with Crippen molar-refractivity contribution in [3.8, 4) is 11.8 Å². The van der Waals surface area contributed by atoms with Crippen LogP contribution in [0.15, 0.2) is 24.3 Å². The first-order valence-electron chi connectivity index (χ1n) is 6.80. The molecule has 0 radical (unpaired) electrons. The van der Waals surface area contributed by atoms with Crippen LogP contribution in [-0.4, -0.2) is 54.2 Å². The Bertz CT molecular complexity index is 475. The fourth-order valence-electron chi connectivity index (χ4n) is 2.54. The number of rotatable bonds is 2. The summed E-state index contributed by atoms with van der Waals surface area (Å²) in [4.78, 5) is 4.89. The predicted octanol–water partition coefficient (Wildman–Crippen LogP) is 1.17. The molecule has 102 valence electrons. The van der Waals surface area contributed by atoms with Crippen molar-refractivity contribution in [1.29, 1.82) is 0 Å². The summed E-state index contributed by atoms with van der Waals surface area (Å²) in [6, 6.07) is 8.88. The minimum atomic E-state index is -0.0836. The molecule has 1 aromatic rings. The van der Waals surface area contributed by atoms with Crippen LogP contribution in [0.3, 0.4) is 0 Å². The maximum atomic E-state index is 8.73. The van der Waals surface area contributed by atoms with Gasteiger partial charge < -0.3 is 10.0 Å². The molecule has 1 N–H and O–H groups in total. The summed E-state index contributed by atoms with van der Waals surface area (Å²) < 4.78 is 0. The summed E-state index contributed by atoms with van der Waals surface area (Å²) in [6.07, 6.45) is 0. The normalized spacial score (nSPS) is 20.9. The van der Waals surface area contributed by atoms with E-state index in [1.807, 2.05) is 12.1 Å². The summed E-state index contributed by atoms with van der Waals surface area (Å²) in [5.41, 5.74) is 2.27. The van der Waals surface area contributed by atoms with Gasteiger partial charge >= 0.3 is 0 Å². The van der Waals surface area contributed by atoms with Crippen LogP contribution in [0.25, 0.3) is 0 Å². The molecule has 1 aromatic carbocycles. The summed E-state index contributed by atoms with van der Waals surface area (Å²) in [5.74, 6) is 5.66. The van der Waals surface area contributed by atoms with Gasteiger partial charge in [-0.25, -0.2) is 0 Å². The molecule has 1 heterocycles. The zero-order chi connectivity index (χ0) is 13.7. The van der Waals surface area contributed by atoms with E-state index >= 15 is 0 Å². The van der Waals surface area contributed by atoms with Crippen LogP contribution in [-0.2, 0) is 6.54 Å². The van der Waals surface area contributed by atoms with Crippen LogP contribution in [0.5, 0.6) is 0 Å². The molecule has 1 aliphatic heterocycles. The monoisotopic (exact) mass is 258 g/mol. The van der Waals surface area contributed by atoms with Gasteiger partial charge in [0.25, 0.3) is 0 Å². The quantitative estimate of drug-likeness (QED) is 0.807. The predicted molar refractivity (Wildman–Crippen MR) is 77.8 cm³/mol. The van der Waals surface area contributed by atoms with Gasteiger partial charge in [0, 0.05) is 37.8 Å². The van der Waals surface area contributed by atoms with Gasteiger partial charge in [-0.2, -0.15) is 0 Å². The highest BCUT2D eigenvalue weighted by Gasteiger charge is 2.21. The Morgan fingerprint density at radius 3 is 2.95 bits per heavy atom. The molecule has 0 aromatic heterocycles. The van der Waals surface area contributed by atoms with E-state index < -0.39 is 0 Å². The molecule has 0 aliphatic carbocycles. The van der Waals surface area contributed by atoms with Crippen LogP contribution < -0.4 is 0 Å². The highest BCUT2D eigenvalue weighted by atomic mass is 16.2. The van der Waals surface area contributed by atoms with E-state index in [-0.39, 0.29) is 6.61 Å². The topological polar surface area (TPSA) is 26.7 Å². The number of likely N-dealkylation sites (N-methyl/N-ethyl adjacent to an activating group) is 1. The van der Waals surface area contributed by atoms with Gasteiger partial charge in [0.2, 0.25) is 0 Å². The standard InChI is InChI=1S/C16H22N2O/c1-14-12-17(2)8-9-18(14)13-16-6-3-5-15(11-16)7-4-10-19/h3,5-6,11,14,19H,8-10,12-13H2,1-2H3. The zero-order valence-corrected chi connectivity index (χ0v) is 11.8. The first kappa shape index (κ1) is 14.1. The number of nitrogens with zero attached hydrogens (tertiary/aromatic N) is 2. The van der Waals surface area contributed by atoms with E-state index in [1.165, 1.54) is 5.56 Å². The Hall–Kier alpha value is -1.34. The Morgan fingerprint density at radius 1 is 1.37 bits per heavy atom. The SMILES string of the molecule is CC1CN(C)CCN1Cc1cccc(C#CCO)c1. The Labute approximate surface area is 115 Å². The van der Waals surface area contributed by atoms with Crippen LogP contribution in [0.2, 0.25) is 0 Å². The minimum Gasteiger partial charge on any atom is -0.384 e. The van der Waals surface area contributed by atoms with Crippen molar-refractivity contribution in [3.05, 3.63) is 35.4 Å². The van der Waals surface area contributed by atoms with E-state index in [2.05, 4.69) is 47.7 Å². The first-order valence-corrected chi connectivity index (χ1v) is 6.80. The van der Waals surface area contributed by atoms with E-state index in [4.69, 9.17) is 5.11 Å². The molecule has 1 unspecified atom stereocenters. The van der Waals surface area contributed by atoms with Crippen molar-refractivity contribution >= 4 is 0 Å². The number of hydrogen-bond acceptors (Lipinski definition) is 3. The molecular weight excluding hydrogens is 236 g/mol. The first-order chi connectivity index (χ1) is 9.19. The number of benzene rings is 1. The molecule has 1 aliphatic rings. The lowest BCUT2D eigenvalue weighted by atomic mass is 10.1. The van der Waals surface area contributed by atoms with Gasteiger partial charge in [-0.15, -0.1) is 0 Å². The van der Waals surface area contributed by atoms with Gasteiger partial charge in [-0.1, -0.05) is 24.0 Å². The van der Waals surface area contributed by atoms with Crippen LogP contribution in [0.1, 0.15) is 18.1 Å². The molecule has 0 spiro atoms. The van der Waals surface area contributed by atoms with E-state index in [1.54, 1.807) is 0 Å². The second-order valence-corrected chi connectivity index (χ2v) is 5.24. The minimum absolute atomic E-state index is 0.0836. The van der Waals surface area contributed by atoms with Crippen molar-refractivity contribution in [2.24, 2.45) is 0 Å². The number of piperazine rings is 1. The summed E-state index contributed by atoms with van der Waals surface area (Å²) in [5, 5.41) is 8.73. The lowest BCUT2D eigenvalue weighted by molar-refractivity contribution is 0.0938. The molecule has 1 saturated heterocycles. The Kier molecular flexibility index (Phi) is 4.98. The van der Waals surface area contributed by atoms with Crippen molar-refractivity contribution in [3.63, 3.8) is 0 Å². The van der Waals surface area contributed by atoms with Crippen molar-refractivity contribution in [1.82, 2.24) is 9.80 Å². The second-order valence-electron chi connectivity index (χ2n) is 5.24. The Balaban J connectivity index is 2.02. The fourth-order valence-corrected chi connectivity index (χ4v) is 2.54. The average molecular weight is 258 g/mol. The highest BCUT2D eigenvalue weighted by molar-refractivity contribution is 5.37. The second kappa shape index (κ2) is 6.72. The van der Waals surface area contributed by atoms with E-state index in [0.29, 0.717) is 6.04 Å². The van der Waals surface area contributed by atoms with Crippen LogP contribution in [0.4, 0.5) is 0 Å². The molecule has 19 heavy (non-hydrogen) atoms. The zero-order valence-electron chi connectivity index (χ0n) is 11.8. The smallest absolute Gasteiger partial charge is 0.104 e. The van der Waals surface area contributed by atoms with Crippen molar-refractivity contribution in [2.75, 3.05) is 33.3 Å². The fraction of sp³-hybridized carbons (Fsp3) is 0.500. The molecule has 1 atom stereocenters. The van der Waals surface area contributed by atoms with E-state index in [0.717, 1.165) is 31.7 Å². The average Bonchev–Trinajstić information content (AvgIpc) is 2.40. The molecule has 2 rings (SSSR count). The molecule has 0 bridgehead atoms. The lowest BCUT2D eigenvalue weighted by Crippen LogP contribution is -2.49. The molecule has 1 fully saturated rings. The highest BCUT2D eigenvalue weighted by Crippen LogP contribution is 2.13. The largest absolute Gasteiger partial charge is 0.384 e. The van der Waals surface area contributed by atoms with Crippen LogP contribution in [0, 0.1) is 11.8 Å². The maximum absolute atomic E-state index is 8.73. The third-order valence-corrected chi connectivity index (χ3v) is 3.59. The van der Waals surface area contributed by atoms with Gasteiger partial charge in [0.1, 0.15) is 6.61 Å². The van der Waals surface area contributed by atoms with Gasteiger partial charge in [0.05, 0.1) is 0 Å². The van der Waals surface area contributed by atoms with E-state index in [9.17, 15) is 0 Å². The summed E-state index contributed by atoms with van der Waals surface area (Å²) in [6.45, 7) is 6.55. The summed E-state index contributed by atoms with van der Waals surface area (Å²) in [7, 11) is 2.18. The third kappa shape index (κ3) is 4.07. The molecule has 0 amide bonds. The maximum Gasteiger partial charge on any atom is 0.104 e. The van der Waals surface area contributed by atoms with Gasteiger partial charge in [0.15, 0.2) is 0 Å². The van der Waals surface area contributed by atoms with Gasteiger partial charge in [-0.3, -0.25) is 4.90 Å². The summed E-state index contributed by atoms with van der Waals surface area (Å²) >= 11 is 0. The molecule has 3 heteroatoms. The van der Waals surface area contributed by atoms with Crippen LogP contribution >= 0.6 is 0 Å². The molecule has 0 saturated carbocycles. The third-order valence-electron chi connectivity index (χ3n) is 3.59. The molecular formula is C16H22N2O. The molecule has 3 nitrogen and oxygen atoms in total.